The van der Waals surface area contributed by atoms with E-state index in [1.165, 1.54) is 12.8 Å². The van der Waals surface area contributed by atoms with Crippen molar-refractivity contribution in [2.45, 2.75) is 44.2 Å². The van der Waals surface area contributed by atoms with Crippen LogP contribution in [0.2, 0.25) is 0 Å². The lowest BCUT2D eigenvalue weighted by Crippen LogP contribution is -2.33. The summed E-state index contributed by atoms with van der Waals surface area (Å²) in [5.41, 5.74) is 5.87. The lowest BCUT2D eigenvalue weighted by atomic mass is 9.87. The minimum atomic E-state index is -0.0370. The number of aliphatic hydroxyl groups is 1. The van der Waals surface area contributed by atoms with Crippen LogP contribution in [-0.4, -0.2) is 41.8 Å². The SMILES string of the molecule is N[C@H]1CCN(CC2CCCC(O)C2)C1. The Morgan fingerprint density at radius 3 is 2.79 bits per heavy atom. The molecule has 2 aliphatic rings. The fourth-order valence-corrected chi connectivity index (χ4v) is 2.82. The highest BCUT2D eigenvalue weighted by Crippen LogP contribution is 2.25. The zero-order valence-corrected chi connectivity index (χ0v) is 8.86. The molecule has 1 saturated carbocycles. The molecule has 0 aromatic rings. The van der Waals surface area contributed by atoms with Crippen molar-refractivity contribution in [1.82, 2.24) is 4.90 Å². The third-order valence-corrected chi connectivity index (χ3v) is 3.58. The molecule has 0 radical (unpaired) electrons. The summed E-state index contributed by atoms with van der Waals surface area (Å²) in [5.74, 6) is 0.712. The first kappa shape index (κ1) is 10.4. The van der Waals surface area contributed by atoms with Gasteiger partial charge in [0.25, 0.3) is 0 Å². The molecule has 3 atom stereocenters. The van der Waals surface area contributed by atoms with Crippen molar-refractivity contribution >= 4 is 0 Å². The lowest BCUT2D eigenvalue weighted by molar-refractivity contribution is 0.0876. The third kappa shape index (κ3) is 2.69. The molecule has 2 rings (SSSR count). The van der Waals surface area contributed by atoms with Gasteiger partial charge in [0.15, 0.2) is 0 Å². The molecule has 0 aromatic carbocycles. The van der Waals surface area contributed by atoms with Crippen LogP contribution in [0.25, 0.3) is 0 Å². The Kier molecular flexibility index (Phi) is 3.42. The van der Waals surface area contributed by atoms with Crippen molar-refractivity contribution in [3.05, 3.63) is 0 Å². The van der Waals surface area contributed by atoms with Crippen molar-refractivity contribution in [3.63, 3.8) is 0 Å². The first-order valence-corrected chi connectivity index (χ1v) is 5.90. The molecule has 2 fully saturated rings. The minimum Gasteiger partial charge on any atom is -0.393 e. The Balaban J connectivity index is 1.74. The highest BCUT2D eigenvalue weighted by Gasteiger charge is 2.25. The second-order valence-electron chi connectivity index (χ2n) is 4.99. The standard InChI is InChI=1S/C11H22N2O/c12-10-4-5-13(8-10)7-9-2-1-3-11(14)6-9/h9-11,14H,1-8,12H2/t9?,10-,11?/m0/s1. The van der Waals surface area contributed by atoms with Gasteiger partial charge in [0.1, 0.15) is 0 Å². The zero-order valence-electron chi connectivity index (χ0n) is 8.86. The second-order valence-corrected chi connectivity index (χ2v) is 4.99. The number of likely N-dealkylation sites (tertiary alicyclic amines) is 1. The predicted octanol–water partition coefficient (Wildman–Crippen LogP) is 0.570. The molecular formula is C11H22N2O. The molecule has 1 aliphatic carbocycles. The highest BCUT2D eigenvalue weighted by atomic mass is 16.3. The molecule has 0 bridgehead atoms. The maximum atomic E-state index is 9.56. The summed E-state index contributed by atoms with van der Waals surface area (Å²) >= 11 is 0. The second kappa shape index (κ2) is 4.60. The number of aliphatic hydroxyl groups excluding tert-OH is 1. The number of hydrogen-bond donors (Lipinski definition) is 2. The van der Waals surface area contributed by atoms with Crippen molar-refractivity contribution in [2.24, 2.45) is 11.7 Å². The molecule has 3 N–H and O–H groups in total. The fraction of sp³-hybridized carbons (Fsp3) is 1.00. The fourth-order valence-electron chi connectivity index (χ4n) is 2.82. The monoisotopic (exact) mass is 198 g/mol. The van der Waals surface area contributed by atoms with Crippen molar-refractivity contribution < 1.29 is 5.11 Å². The van der Waals surface area contributed by atoms with E-state index in [9.17, 15) is 5.11 Å². The minimum absolute atomic E-state index is 0.0370. The van der Waals surface area contributed by atoms with Crippen molar-refractivity contribution in [1.29, 1.82) is 0 Å². The van der Waals surface area contributed by atoms with Crippen LogP contribution >= 0.6 is 0 Å². The van der Waals surface area contributed by atoms with Gasteiger partial charge < -0.3 is 15.7 Å². The Morgan fingerprint density at radius 1 is 1.29 bits per heavy atom. The van der Waals surface area contributed by atoms with Crippen LogP contribution < -0.4 is 5.73 Å². The molecule has 2 unspecified atom stereocenters. The van der Waals surface area contributed by atoms with Gasteiger partial charge in [0, 0.05) is 19.1 Å². The average Bonchev–Trinajstić information content (AvgIpc) is 2.51. The van der Waals surface area contributed by atoms with E-state index in [1.54, 1.807) is 0 Å². The van der Waals surface area contributed by atoms with Gasteiger partial charge in [-0.15, -0.1) is 0 Å². The summed E-state index contributed by atoms with van der Waals surface area (Å²) in [6.45, 7) is 3.38. The maximum absolute atomic E-state index is 9.56. The van der Waals surface area contributed by atoms with Crippen LogP contribution in [0, 0.1) is 5.92 Å². The largest absolute Gasteiger partial charge is 0.393 e. The predicted molar refractivity (Wildman–Crippen MR) is 57.0 cm³/mol. The Morgan fingerprint density at radius 2 is 2.14 bits per heavy atom. The number of rotatable bonds is 2. The molecule has 0 amide bonds. The number of nitrogens with two attached hydrogens (primary N) is 1. The summed E-state index contributed by atoms with van der Waals surface area (Å²) in [6.07, 6.45) is 5.62. The van der Waals surface area contributed by atoms with Crippen molar-refractivity contribution in [3.8, 4) is 0 Å². The van der Waals surface area contributed by atoms with E-state index >= 15 is 0 Å². The van der Waals surface area contributed by atoms with Crippen LogP contribution in [0.15, 0.2) is 0 Å². The summed E-state index contributed by atoms with van der Waals surface area (Å²) < 4.78 is 0. The van der Waals surface area contributed by atoms with Gasteiger partial charge in [-0.2, -0.15) is 0 Å². The average molecular weight is 198 g/mol. The maximum Gasteiger partial charge on any atom is 0.0543 e. The molecule has 1 saturated heterocycles. The Bertz CT molecular complexity index is 186. The number of nitrogens with zero attached hydrogens (tertiary/aromatic N) is 1. The van der Waals surface area contributed by atoms with Crippen molar-refractivity contribution in [2.75, 3.05) is 19.6 Å². The molecule has 14 heavy (non-hydrogen) atoms. The lowest BCUT2D eigenvalue weighted by Gasteiger charge is -2.29. The molecule has 1 aliphatic heterocycles. The molecule has 1 heterocycles. The molecule has 82 valence electrons. The number of hydrogen-bond acceptors (Lipinski definition) is 3. The van der Waals surface area contributed by atoms with Gasteiger partial charge in [-0.3, -0.25) is 0 Å². The van der Waals surface area contributed by atoms with E-state index in [1.807, 2.05) is 0 Å². The molecule has 3 nitrogen and oxygen atoms in total. The first-order chi connectivity index (χ1) is 6.74. The van der Waals surface area contributed by atoms with E-state index in [0.29, 0.717) is 12.0 Å². The van der Waals surface area contributed by atoms with Crippen LogP contribution in [0.5, 0.6) is 0 Å². The molecular weight excluding hydrogens is 176 g/mol. The molecule has 3 heteroatoms. The van der Waals surface area contributed by atoms with Gasteiger partial charge in [-0.05, 0) is 38.1 Å². The summed E-state index contributed by atoms with van der Waals surface area (Å²) in [4.78, 5) is 2.47. The topological polar surface area (TPSA) is 49.5 Å². The Labute approximate surface area is 86.3 Å². The van der Waals surface area contributed by atoms with Crippen LogP contribution in [0.4, 0.5) is 0 Å². The Hall–Kier alpha value is -0.120. The smallest absolute Gasteiger partial charge is 0.0543 e. The summed E-state index contributed by atoms with van der Waals surface area (Å²) in [6, 6.07) is 0.392. The molecule has 0 spiro atoms. The van der Waals surface area contributed by atoms with Gasteiger partial charge in [0.05, 0.1) is 6.10 Å². The van der Waals surface area contributed by atoms with Crippen LogP contribution in [-0.2, 0) is 0 Å². The van der Waals surface area contributed by atoms with E-state index in [4.69, 9.17) is 5.73 Å². The highest BCUT2D eigenvalue weighted by molar-refractivity contribution is 4.81. The first-order valence-electron chi connectivity index (χ1n) is 5.90. The van der Waals surface area contributed by atoms with Crippen LogP contribution in [0.3, 0.4) is 0 Å². The van der Waals surface area contributed by atoms with E-state index in [0.717, 1.165) is 38.9 Å². The summed E-state index contributed by atoms with van der Waals surface area (Å²) in [7, 11) is 0. The van der Waals surface area contributed by atoms with E-state index in [-0.39, 0.29) is 6.10 Å². The normalized spacial score (nSPS) is 40.3. The van der Waals surface area contributed by atoms with Gasteiger partial charge in [-0.1, -0.05) is 6.42 Å². The molecule has 0 aromatic heterocycles. The van der Waals surface area contributed by atoms with Gasteiger partial charge in [0.2, 0.25) is 0 Å². The third-order valence-electron chi connectivity index (χ3n) is 3.58. The zero-order chi connectivity index (χ0) is 9.97. The summed E-state index contributed by atoms with van der Waals surface area (Å²) in [5, 5.41) is 9.56. The van der Waals surface area contributed by atoms with E-state index < -0.39 is 0 Å². The quantitative estimate of drug-likeness (QED) is 0.682. The van der Waals surface area contributed by atoms with E-state index in [2.05, 4.69) is 4.90 Å². The van der Waals surface area contributed by atoms with Gasteiger partial charge >= 0.3 is 0 Å². The van der Waals surface area contributed by atoms with Gasteiger partial charge in [-0.25, -0.2) is 0 Å². The van der Waals surface area contributed by atoms with Crippen LogP contribution in [0.1, 0.15) is 32.1 Å².